The van der Waals surface area contributed by atoms with Gasteiger partial charge < -0.3 is 10.1 Å². The smallest absolute Gasteiger partial charge is 0.274 e. The highest BCUT2D eigenvalue weighted by atomic mass is 19.1. The molecule has 33 heavy (non-hydrogen) atoms. The normalized spacial score (nSPS) is 15.6. The SMILES string of the molecule is O=C(NCc1ccc(C(=O)NOC2CCCCO2)cc1)c1ccc(-c2ccc(F)cc2)cc1. The summed E-state index contributed by atoms with van der Waals surface area (Å²) in [5.74, 6) is -0.838. The molecule has 0 bridgehead atoms. The molecule has 0 aliphatic carbocycles. The largest absolute Gasteiger partial charge is 0.350 e. The van der Waals surface area contributed by atoms with Gasteiger partial charge >= 0.3 is 0 Å². The molecule has 6 nitrogen and oxygen atoms in total. The number of rotatable bonds is 7. The summed E-state index contributed by atoms with van der Waals surface area (Å²) in [6.07, 6.45) is 2.38. The van der Waals surface area contributed by atoms with Gasteiger partial charge in [0, 0.05) is 30.7 Å². The molecule has 7 heteroatoms. The van der Waals surface area contributed by atoms with Crippen molar-refractivity contribution in [3.05, 3.63) is 95.3 Å². The van der Waals surface area contributed by atoms with Crippen LogP contribution in [0.4, 0.5) is 4.39 Å². The first-order valence-electron chi connectivity index (χ1n) is 10.9. The van der Waals surface area contributed by atoms with Crippen LogP contribution in [0.2, 0.25) is 0 Å². The van der Waals surface area contributed by atoms with Gasteiger partial charge in [-0.05, 0) is 65.9 Å². The van der Waals surface area contributed by atoms with Gasteiger partial charge in [-0.3, -0.25) is 9.59 Å². The molecule has 0 saturated carbocycles. The highest BCUT2D eigenvalue weighted by Crippen LogP contribution is 2.20. The molecule has 2 amide bonds. The lowest BCUT2D eigenvalue weighted by Gasteiger charge is -2.22. The van der Waals surface area contributed by atoms with Gasteiger partial charge in [0.1, 0.15) is 5.82 Å². The quantitative estimate of drug-likeness (QED) is 0.518. The molecule has 0 radical (unpaired) electrons. The van der Waals surface area contributed by atoms with Crippen LogP contribution in [-0.4, -0.2) is 24.7 Å². The average molecular weight is 448 g/mol. The summed E-state index contributed by atoms with van der Waals surface area (Å²) in [6.45, 7) is 0.964. The zero-order valence-electron chi connectivity index (χ0n) is 18.1. The van der Waals surface area contributed by atoms with E-state index in [1.54, 1.807) is 48.5 Å². The Labute approximate surface area is 191 Å². The summed E-state index contributed by atoms with van der Waals surface area (Å²) in [5.41, 5.74) is 6.05. The Morgan fingerprint density at radius 1 is 0.848 bits per heavy atom. The number of benzene rings is 3. The van der Waals surface area contributed by atoms with Crippen molar-refractivity contribution in [2.24, 2.45) is 0 Å². The van der Waals surface area contributed by atoms with Crippen molar-refractivity contribution >= 4 is 11.8 Å². The van der Waals surface area contributed by atoms with E-state index < -0.39 is 6.29 Å². The van der Waals surface area contributed by atoms with Gasteiger partial charge in [-0.2, -0.15) is 0 Å². The summed E-state index contributed by atoms with van der Waals surface area (Å²) < 4.78 is 18.5. The monoisotopic (exact) mass is 448 g/mol. The Morgan fingerprint density at radius 3 is 2.09 bits per heavy atom. The van der Waals surface area contributed by atoms with E-state index in [1.165, 1.54) is 12.1 Å². The molecule has 3 aromatic rings. The second-order valence-corrected chi connectivity index (χ2v) is 7.81. The van der Waals surface area contributed by atoms with Crippen molar-refractivity contribution in [2.75, 3.05) is 6.61 Å². The Kier molecular flexibility index (Phi) is 7.44. The number of halogens is 1. The molecule has 4 rings (SSSR count). The molecule has 1 saturated heterocycles. The Balaban J connectivity index is 1.26. The van der Waals surface area contributed by atoms with Gasteiger partial charge in [-0.15, -0.1) is 0 Å². The minimum absolute atomic E-state index is 0.205. The topological polar surface area (TPSA) is 76.7 Å². The first-order chi connectivity index (χ1) is 16.1. The van der Waals surface area contributed by atoms with Crippen LogP contribution < -0.4 is 10.8 Å². The standard InChI is InChI=1S/C26H25FN2O4/c27-23-14-12-20(13-15-23)19-8-10-21(11-9-19)25(30)28-17-18-4-6-22(7-5-18)26(31)29-33-24-3-1-2-16-32-24/h4-15,24H,1-3,16-17H2,(H,28,30)(H,29,31). The molecular weight excluding hydrogens is 423 g/mol. The van der Waals surface area contributed by atoms with Crippen LogP contribution in [0.3, 0.4) is 0 Å². The van der Waals surface area contributed by atoms with E-state index in [0.717, 1.165) is 36.0 Å². The number of ether oxygens (including phenoxy) is 1. The molecule has 1 unspecified atom stereocenters. The third-order valence-electron chi connectivity index (χ3n) is 5.41. The third-order valence-corrected chi connectivity index (χ3v) is 5.41. The maximum Gasteiger partial charge on any atom is 0.274 e. The molecule has 1 aliphatic heterocycles. The van der Waals surface area contributed by atoms with Crippen LogP contribution in [0.1, 0.15) is 45.5 Å². The van der Waals surface area contributed by atoms with Crippen LogP contribution >= 0.6 is 0 Å². The Morgan fingerprint density at radius 2 is 1.45 bits per heavy atom. The van der Waals surface area contributed by atoms with Crippen LogP contribution in [0.15, 0.2) is 72.8 Å². The second kappa shape index (κ2) is 10.8. The third kappa shape index (κ3) is 6.25. The fraction of sp³-hybridized carbons (Fsp3) is 0.231. The van der Waals surface area contributed by atoms with Crippen LogP contribution in [0, 0.1) is 5.82 Å². The lowest BCUT2D eigenvalue weighted by atomic mass is 10.0. The minimum Gasteiger partial charge on any atom is -0.350 e. The number of hydroxylamine groups is 1. The zero-order chi connectivity index (χ0) is 23.0. The molecule has 1 heterocycles. The van der Waals surface area contributed by atoms with Crippen LogP contribution in [-0.2, 0) is 16.1 Å². The second-order valence-electron chi connectivity index (χ2n) is 7.81. The van der Waals surface area contributed by atoms with Gasteiger partial charge in [0.2, 0.25) is 0 Å². The maximum absolute atomic E-state index is 13.1. The van der Waals surface area contributed by atoms with Crippen molar-refractivity contribution in [3.8, 4) is 11.1 Å². The van der Waals surface area contributed by atoms with E-state index in [9.17, 15) is 14.0 Å². The van der Waals surface area contributed by atoms with E-state index in [4.69, 9.17) is 9.57 Å². The lowest BCUT2D eigenvalue weighted by molar-refractivity contribution is -0.186. The van der Waals surface area contributed by atoms with E-state index in [0.29, 0.717) is 24.3 Å². The maximum atomic E-state index is 13.1. The molecule has 170 valence electrons. The van der Waals surface area contributed by atoms with Gasteiger partial charge in [-0.25, -0.2) is 14.7 Å². The predicted molar refractivity (Wildman–Crippen MR) is 122 cm³/mol. The number of carbonyl (C=O) groups is 2. The number of hydrogen-bond acceptors (Lipinski definition) is 4. The number of hydrogen-bond donors (Lipinski definition) is 2. The van der Waals surface area contributed by atoms with E-state index in [-0.39, 0.29) is 17.6 Å². The van der Waals surface area contributed by atoms with Gasteiger partial charge in [-0.1, -0.05) is 36.4 Å². The van der Waals surface area contributed by atoms with Gasteiger partial charge in [0.25, 0.3) is 11.8 Å². The number of nitrogens with one attached hydrogen (secondary N) is 2. The molecule has 0 aromatic heterocycles. The van der Waals surface area contributed by atoms with Crippen molar-refractivity contribution in [3.63, 3.8) is 0 Å². The minimum atomic E-state index is -0.401. The van der Waals surface area contributed by atoms with Crippen molar-refractivity contribution < 1.29 is 23.6 Å². The highest BCUT2D eigenvalue weighted by molar-refractivity contribution is 5.95. The van der Waals surface area contributed by atoms with Gasteiger partial charge in [0.15, 0.2) is 6.29 Å². The van der Waals surface area contributed by atoms with Crippen LogP contribution in [0.25, 0.3) is 11.1 Å². The summed E-state index contributed by atoms with van der Waals surface area (Å²) in [4.78, 5) is 30.0. The molecule has 1 aliphatic rings. The first kappa shape index (κ1) is 22.6. The van der Waals surface area contributed by atoms with Gasteiger partial charge in [0.05, 0.1) is 0 Å². The summed E-state index contributed by atoms with van der Waals surface area (Å²) in [5, 5.41) is 2.87. The van der Waals surface area contributed by atoms with Crippen molar-refractivity contribution in [2.45, 2.75) is 32.1 Å². The Hall–Kier alpha value is -3.55. The zero-order valence-corrected chi connectivity index (χ0v) is 18.1. The molecule has 1 fully saturated rings. The average Bonchev–Trinajstić information content (AvgIpc) is 2.87. The van der Waals surface area contributed by atoms with E-state index in [2.05, 4.69) is 10.8 Å². The molecule has 1 atom stereocenters. The van der Waals surface area contributed by atoms with E-state index in [1.807, 2.05) is 12.1 Å². The summed E-state index contributed by atoms with van der Waals surface area (Å²) in [7, 11) is 0. The van der Waals surface area contributed by atoms with Crippen molar-refractivity contribution in [1.82, 2.24) is 10.8 Å². The molecule has 0 spiro atoms. The van der Waals surface area contributed by atoms with Crippen molar-refractivity contribution in [1.29, 1.82) is 0 Å². The summed E-state index contributed by atoms with van der Waals surface area (Å²) >= 11 is 0. The Bertz CT molecular complexity index is 1080. The van der Waals surface area contributed by atoms with E-state index >= 15 is 0 Å². The number of amides is 2. The number of carbonyl (C=O) groups excluding carboxylic acids is 2. The first-order valence-corrected chi connectivity index (χ1v) is 10.9. The fourth-order valence-corrected chi connectivity index (χ4v) is 3.50. The molecule has 2 N–H and O–H groups in total. The summed E-state index contributed by atoms with van der Waals surface area (Å²) in [6, 6.07) is 20.3. The molecule has 3 aromatic carbocycles. The predicted octanol–water partition coefficient (Wildman–Crippen LogP) is 4.61. The fourth-order valence-electron chi connectivity index (χ4n) is 3.50. The molecular formula is C26H25FN2O4. The lowest BCUT2D eigenvalue weighted by Crippen LogP contribution is -2.33. The highest BCUT2D eigenvalue weighted by Gasteiger charge is 2.16. The van der Waals surface area contributed by atoms with Crippen LogP contribution in [0.5, 0.6) is 0 Å².